The summed E-state index contributed by atoms with van der Waals surface area (Å²) in [5.74, 6) is -0.343. The fourth-order valence-corrected chi connectivity index (χ4v) is 1.96. The van der Waals surface area contributed by atoms with Gasteiger partial charge in [-0.2, -0.15) is 0 Å². The van der Waals surface area contributed by atoms with Crippen LogP contribution in [0.3, 0.4) is 0 Å². The van der Waals surface area contributed by atoms with Gasteiger partial charge in [-0.15, -0.1) is 0 Å². The summed E-state index contributed by atoms with van der Waals surface area (Å²) < 4.78 is 5.18. The van der Waals surface area contributed by atoms with Crippen molar-refractivity contribution in [2.75, 3.05) is 33.4 Å². The fraction of sp³-hybridized carbons (Fsp3) is 0.400. The molecular weight excluding hydrogens is 274 g/mol. The fourth-order valence-electron chi connectivity index (χ4n) is 1.96. The Morgan fingerprint density at radius 3 is 2.48 bits per heavy atom. The minimum Gasteiger partial charge on any atom is -0.497 e. The SMILES string of the molecule is COc1ccc(C=CC(=O)O)c(CN(CCO)CCO)c1. The van der Waals surface area contributed by atoms with Crippen LogP contribution in [-0.4, -0.2) is 59.6 Å². The summed E-state index contributed by atoms with van der Waals surface area (Å²) in [6.07, 6.45) is 2.60. The van der Waals surface area contributed by atoms with E-state index in [9.17, 15) is 4.79 Å². The Morgan fingerprint density at radius 2 is 1.95 bits per heavy atom. The zero-order valence-electron chi connectivity index (χ0n) is 12.0. The molecule has 0 aromatic heterocycles. The summed E-state index contributed by atoms with van der Waals surface area (Å²) in [6.45, 7) is 1.33. The maximum absolute atomic E-state index is 10.6. The van der Waals surface area contributed by atoms with Gasteiger partial charge in [-0.05, 0) is 29.3 Å². The zero-order chi connectivity index (χ0) is 15.7. The molecule has 0 heterocycles. The molecule has 0 bridgehead atoms. The first kappa shape index (κ1) is 17.2. The van der Waals surface area contributed by atoms with Gasteiger partial charge in [0.2, 0.25) is 0 Å². The lowest BCUT2D eigenvalue weighted by atomic mass is 10.1. The first-order valence-electron chi connectivity index (χ1n) is 6.62. The molecule has 0 saturated heterocycles. The van der Waals surface area contributed by atoms with Gasteiger partial charge in [0.05, 0.1) is 20.3 Å². The lowest BCUT2D eigenvalue weighted by Crippen LogP contribution is -2.29. The molecule has 1 aromatic rings. The van der Waals surface area contributed by atoms with Crippen LogP contribution in [0, 0.1) is 0 Å². The topological polar surface area (TPSA) is 90.2 Å². The third-order valence-electron chi connectivity index (χ3n) is 2.98. The van der Waals surface area contributed by atoms with Gasteiger partial charge in [-0.3, -0.25) is 4.90 Å². The molecule has 1 aromatic carbocycles. The molecule has 0 spiro atoms. The molecule has 0 aliphatic carbocycles. The molecule has 6 nitrogen and oxygen atoms in total. The van der Waals surface area contributed by atoms with Crippen molar-refractivity contribution in [2.45, 2.75) is 6.54 Å². The Bertz CT molecular complexity index is 481. The molecule has 0 fully saturated rings. The zero-order valence-corrected chi connectivity index (χ0v) is 12.0. The number of rotatable bonds is 9. The number of aliphatic hydroxyl groups excluding tert-OH is 2. The van der Waals surface area contributed by atoms with Gasteiger partial charge >= 0.3 is 5.97 Å². The lowest BCUT2D eigenvalue weighted by Gasteiger charge is -2.21. The highest BCUT2D eigenvalue weighted by atomic mass is 16.5. The highest BCUT2D eigenvalue weighted by Crippen LogP contribution is 2.20. The van der Waals surface area contributed by atoms with Gasteiger partial charge < -0.3 is 20.1 Å². The second-order valence-electron chi connectivity index (χ2n) is 4.46. The molecule has 0 amide bonds. The van der Waals surface area contributed by atoms with Crippen LogP contribution >= 0.6 is 0 Å². The van der Waals surface area contributed by atoms with Crippen molar-refractivity contribution in [3.63, 3.8) is 0 Å². The predicted molar refractivity (Wildman–Crippen MR) is 79.1 cm³/mol. The van der Waals surface area contributed by atoms with E-state index in [-0.39, 0.29) is 13.2 Å². The van der Waals surface area contributed by atoms with Crippen LogP contribution in [-0.2, 0) is 11.3 Å². The molecule has 1 rings (SSSR count). The van der Waals surface area contributed by atoms with Crippen LogP contribution in [0.1, 0.15) is 11.1 Å². The number of ether oxygens (including phenoxy) is 1. The number of carboxylic acids is 1. The smallest absolute Gasteiger partial charge is 0.328 e. The second kappa shape index (κ2) is 9.12. The molecule has 0 saturated carbocycles. The van der Waals surface area contributed by atoms with Crippen molar-refractivity contribution in [2.24, 2.45) is 0 Å². The number of methoxy groups -OCH3 is 1. The lowest BCUT2D eigenvalue weighted by molar-refractivity contribution is -0.131. The van der Waals surface area contributed by atoms with E-state index in [4.69, 9.17) is 20.1 Å². The van der Waals surface area contributed by atoms with E-state index >= 15 is 0 Å². The van der Waals surface area contributed by atoms with Crippen molar-refractivity contribution in [3.05, 3.63) is 35.4 Å². The number of carbonyl (C=O) groups is 1. The largest absolute Gasteiger partial charge is 0.497 e. The van der Waals surface area contributed by atoms with E-state index in [0.29, 0.717) is 25.4 Å². The van der Waals surface area contributed by atoms with Crippen LogP contribution in [0.4, 0.5) is 0 Å². The normalized spacial score (nSPS) is 11.2. The van der Waals surface area contributed by atoms with Gasteiger partial charge in [0.15, 0.2) is 0 Å². The summed E-state index contributed by atoms with van der Waals surface area (Å²) in [5.41, 5.74) is 1.63. The molecule has 3 N–H and O–H groups in total. The van der Waals surface area contributed by atoms with Gasteiger partial charge in [-0.25, -0.2) is 4.79 Å². The molecule has 116 valence electrons. The Morgan fingerprint density at radius 1 is 1.29 bits per heavy atom. The van der Waals surface area contributed by atoms with E-state index in [1.54, 1.807) is 19.2 Å². The molecule has 0 aliphatic rings. The maximum Gasteiger partial charge on any atom is 0.328 e. The Kier molecular flexibility index (Phi) is 7.45. The Hall–Kier alpha value is -1.89. The van der Waals surface area contributed by atoms with Crippen molar-refractivity contribution < 1.29 is 24.9 Å². The first-order valence-corrected chi connectivity index (χ1v) is 6.62. The number of benzene rings is 1. The number of carboxylic acid groups (broad SMARTS) is 1. The van der Waals surface area contributed by atoms with Gasteiger partial charge in [0.1, 0.15) is 5.75 Å². The maximum atomic E-state index is 10.6. The summed E-state index contributed by atoms with van der Waals surface area (Å²) in [6, 6.07) is 5.36. The van der Waals surface area contributed by atoms with E-state index in [1.807, 2.05) is 11.0 Å². The van der Waals surface area contributed by atoms with Crippen LogP contribution in [0.25, 0.3) is 6.08 Å². The number of aliphatic hydroxyl groups is 2. The third kappa shape index (κ3) is 5.95. The summed E-state index contributed by atoms with van der Waals surface area (Å²) >= 11 is 0. The molecule has 0 aliphatic heterocycles. The molecule has 0 radical (unpaired) electrons. The highest BCUT2D eigenvalue weighted by molar-refractivity contribution is 5.85. The molecule has 6 heteroatoms. The summed E-state index contributed by atoms with van der Waals surface area (Å²) in [5, 5.41) is 26.8. The number of hydrogen-bond donors (Lipinski definition) is 3. The van der Waals surface area contributed by atoms with Gasteiger partial charge in [0.25, 0.3) is 0 Å². The minimum absolute atomic E-state index is 0.00966. The van der Waals surface area contributed by atoms with Crippen LogP contribution in [0.5, 0.6) is 5.75 Å². The average Bonchev–Trinajstić information content (AvgIpc) is 2.46. The average molecular weight is 295 g/mol. The van der Waals surface area contributed by atoms with E-state index in [2.05, 4.69) is 0 Å². The molecule has 0 unspecified atom stereocenters. The van der Waals surface area contributed by atoms with Gasteiger partial charge in [0, 0.05) is 25.7 Å². The van der Waals surface area contributed by atoms with Crippen LogP contribution < -0.4 is 4.74 Å². The van der Waals surface area contributed by atoms with E-state index in [1.165, 1.54) is 6.08 Å². The Labute approximate surface area is 123 Å². The molecule has 0 atom stereocenters. The molecule has 21 heavy (non-hydrogen) atoms. The van der Waals surface area contributed by atoms with Crippen LogP contribution in [0.2, 0.25) is 0 Å². The van der Waals surface area contributed by atoms with Gasteiger partial charge in [-0.1, -0.05) is 6.07 Å². The van der Waals surface area contributed by atoms with Crippen molar-refractivity contribution in [1.29, 1.82) is 0 Å². The minimum atomic E-state index is -1.01. The van der Waals surface area contributed by atoms with E-state index in [0.717, 1.165) is 17.2 Å². The van der Waals surface area contributed by atoms with Crippen LogP contribution in [0.15, 0.2) is 24.3 Å². The number of nitrogens with zero attached hydrogens (tertiary/aromatic N) is 1. The number of hydrogen-bond acceptors (Lipinski definition) is 5. The standard InChI is InChI=1S/C15H21NO5/c1-21-14-4-2-12(3-5-15(19)20)13(10-14)11-16(6-8-17)7-9-18/h2-5,10,17-18H,6-9,11H2,1H3,(H,19,20). The third-order valence-corrected chi connectivity index (χ3v) is 2.98. The highest BCUT2D eigenvalue weighted by Gasteiger charge is 2.09. The monoisotopic (exact) mass is 295 g/mol. The van der Waals surface area contributed by atoms with Crippen molar-refractivity contribution in [1.82, 2.24) is 4.90 Å². The van der Waals surface area contributed by atoms with E-state index < -0.39 is 5.97 Å². The molecular formula is C15H21NO5. The Balaban J connectivity index is 3.01. The summed E-state index contributed by atoms with van der Waals surface area (Å²) in [7, 11) is 1.56. The summed E-state index contributed by atoms with van der Waals surface area (Å²) in [4.78, 5) is 12.5. The second-order valence-corrected chi connectivity index (χ2v) is 4.46. The predicted octanol–water partition coefficient (Wildman–Crippen LogP) is 0.580. The first-order chi connectivity index (χ1) is 10.1. The van der Waals surface area contributed by atoms with Crippen molar-refractivity contribution >= 4 is 12.0 Å². The van der Waals surface area contributed by atoms with Crippen molar-refractivity contribution in [3.8, 4) is 5.75 Å². The number of aliphatic carboxylic acids is 1. The quantitative estimate of drug-likeness (QED) is 0.577.